The van der Waals surface area contributed by atoms with Crippen LogP contribution in [-0.4, -0.2) is 39.9 Å². The molecule has 0 aliphatic rings. The highest BCUT2D eigenvalue weighted by Crippen LogP contribution is 2.28. The first-order valence-electron chi connectivity index (χ1n) is 10.5. The number of amides is 2. The lowest BCUT2D eigenvalue weighted by molar-refractivity contribution is -0.139. The fourth-order valence-corrected chi connectivity index (χ4v) is 3.11. The van der Waals surface area contributed by atoms with Gasteiger partial charge in [-0.3, -0.25) is 9.59 Å². The number of phenolic OH excluding ortho intramolecular Hbond substituents is 1. The molecule has 0 saturated carbocycles. The summed E-state index contributed by atoms with van der Waals surface area (Å²) in [6, 6.07) is 11.2. The van der Waals surface area contributed by atoms with Gasteiger partial charge >= 0.3 is 5.97 Å². The molecule has 7 nitrogen and oxygen atoms in total. The van der Waals surface area contributed by atoms with Gasteiger partial charge in [0.2, 0.25) is 11.8 Å². The zero-order chi connectivity index (χ0) is 24.6. The van der Waals surface area contributed by atoms with Crippen LogP contribution < -0.4 is 5.32 Å². The van der Waals surface area contributed by atoms with E-state index in [-0.39, 0.29) is 18.7 Å². The average molecular weight is 457 g/mol. The quantitative estimate of drug-likeness (QED) is 0.467. The van der Waals surface area contributed by atoms with Gasteiger partial charge in [-0.2, -0.15) is 0 Å². The standard InChI is InChI=1S/C25H29FN2O5/c1-5-33-22(31)14-13-21(30)28(16-17-9-7-6-8-10-17)23(24(32)27-25(2,3)4)18-11-12-20(29)19(26)15-18/h6-15,23,29H,5,16H2,1-4H3,(H,27,32)/b14-13+. The topological polar surface area (TPSA) is 95.9 Å². The van der Waals surface area contributed by atoms with E-state index in [1.54, 1.807) is 52.0 Å². The van der Waals surface area contributed by atoms with Crippen LogP contribution in [0, 0.1) is 5.82 Å². The molecule has 0 aliphatic carbocycles. The van der Waals surface area contributed by atoms with Gasteiger partial charge in [-0.05, 0) is 51.0 Å². The molecule has 2 rings (SSSR count). The van der Waals surface area contributed by atoms with Gasteiger partial charge in [0, 0.05) is 24.2 Å². The summed E-state index contributed by atoms with van der Waals surface area (Å²) < 4.78 is 19.0. The summed E-state index contributed by atoms with van der Waals surface area (Å²) in [5.41, 5.74) is 0.261. The Hall–Kier alpha value is -3.68. The summed E-state index contributed by atoms with van der Waals surface area (Å²) in [5, 5.41) is 12.4. The Kier molecular flexibility index (Phi) is 8.73. The molecule has 0 aromatic heterocycles. The van der Waals surface area contributed by atoms with E-state index in [4.69, 9.17) is 4.74 Å². The Balaban J connectivity index is 2.56. The van der Waals surface area contributed by atoms with Crippen molar-refractivity contribution in [3.63, 3.8) is 0 Å². The number of hydrogen-bond donors (Lipinski definition) is 2. The number of ether oxygens (including phenoxy) is 1. The van der Waals surface area contributed by atoms with Gasteiger partial charge in [-0.15, -0.1) is 0 Å². The molecule has 2 aromatic carbocycles. The highest BCUT2D eigenvalue weighted by molar-refractivity contribution is 5.97. The van der Waals surface area contributed by atoms with Crippen LogP contribution in [0.4, 0.5) is 4.39 Å². The van der Waals surface area contributed by atoms with E-state index in [2.05, 4.69) is 5.32 Å². The van der Waals surface area contributed by atoms with E-state index in [0.29, 0.717) is 0 Å². The van der Waals surface area contributed by atoms with Crippen LogP contribution in [0.2, 0.25) is 0 Å². The van der Waals surface area contributed by atoms with Crippen molar-refractivity contribution >= 4 is 17.8 Å². The molecule has 176 valence electrons. The van der Waals surface area contributed by atoms with Gasteiger partial charge in [0.05, 0.1) is 6.61 Å². The summed E-state index contributed by atoms with van der Waals surface area (Å²) in [6.45, 7) is 7.14. The first-order valence-corrected chi connectivity index (χ1v) is 10.5. The maximum atomic E-state index is 14.2. The van der Waals surface area contributed by atoms with E-state index in [1.165, 1.54) is 11.0 Å². The molecule has 1 unspecified atom stereocenters. The second-order valence-corrected chi connectivity index (χ2v) is 8.39. The Bertz CT molecular complexity index is 1020. The number of aromatic hydroxyl groups is 1. The first-order chi connectivity index (χ1) is 15.5. The largest absolute Gasteiger partial charge is 0.505 e. The molecule has 2 amide bonds. The molecule has 0 aliphatic heterocycles. The fraction of sp³-hybridized carbons (Fsp3) is 0.320. The molecule has 2 aromatic rings. The van der Waals surface area contributed by atoms with Gasteiger partial charge in [0.25, 0.3) is 0 Å². The number of hydrogen-bond acceptors (Lipinski definition) is 5. The maximum absolute atomic E-state index is 14.2. The van der Waals surface area contributed by atoms with E-state index in [0.717, 1.165) is 29.8 Å². The average Bonchev–Trinajstić information content (AvgIpc) is 2.73. The molecule has 0 heterocycles. The summed E-state index contributed by atoms with van der Waals surface area (Å²) in [5.74, 6) is -3.38. The molecule has 0 saturated heterocycles. The number of carbonyl (C=O) groups is 3. The molecule has 0 fully saturated rings. The third-order valence-corrected chi connectivity index (χ3v) is 4.47. The number of rotatable bonds is 8. The van der Waals surface area contributed by atoms with Crippen molar-refractivity contribution in [2.45, 2.75) is 45.8 Å². The van der Waals surface area contributed by atoms with Crippen LogP contribution in [0.15, 0.2) is 60.7 Å². The number of benzene rings is 2. The number of esters is 1. The third-order valence-electron chi connectivity index (χ3n) is 4.47. The molecule has 2 N–H and O–H groups in total. The van der Waals surface area contributed by atoms with Crippen molar-refractivity contribution in [2.75, 3.05) is 6.61 Å². The molecular weight excluding hydrogens is 427 g/mol. The second kappa shape index (κ2) is 11.3. The van der Waals surface area contributed by atoms with Crippen LogP contribution in [0.3, 0.4) is 0 Å². The number of carbonyl (C=O) groups excluding carboxylic acids is 3. The van der Waals surface area contributed by atoms with Crippen molar-refractivity contribution in [3.8, 4) is 5.75 Å². The molecule has 0 bridgehead atoms. The molecule has 0 spiro atoms. The minimum atomic E-state index is -1.24. The minimum absolute atomic E-state index is 0.0115. The predicted octanol–water partition coefficient (Wildman–Crippen LogP) is 3.64. The first kappa shape index (κ1) is 25.6. The van der Waals surface area contributed by atoms with Crippen molar-refractivity contribution in [1.29, 1.82) is 0 Å². The summed E-state index contributed by atoms with van der Waals surface area (Å²) >= 11 is 0. The van der Waals surface area contributed by atoms with Gasteiger partial charge < -0.3 is 20.1 Å². The van der Waals surface area contributed by atoms with Crippen LogP contribution in [-0.2, 0) is 25.7 Å². The Morgan fingerprint density at radius 1 is 1.12 bits per heavy atom. The van der Waals surface area contributed by atoms with Crippen molar-refractivity contribution < 1.29 is 28.6 Å². The van der Waals surface area contributed by atoms with Crippen LogP contribution >= 0.6 is 0 Å². The van der Waals surface area contributed by atoms with E-state index < -0.39 is 40.9 Å². The van der Waals surface area contributed by atoms with Gasteiger partial charge in [0.1, 0.15) is 6.04 Å². The number of nitrogens with one attached hydrogen (secondary N) is 1. The predicted molar refractivity (Wildman–Crippen MR) is 121 cm³/mol. The van der Waals surface area contributed by atoms with E-state index >= 15 is 0 Å². The van der Waals surface area contributed by atoms with Gasteiger partial charge in [0.15, 0.2) is 11.6 Å². The van der Waals surface area contributed by atoms with Crippen LogP contribution in [0.1, 0.15) is 44.9 Å². The minimum Gasteiger partial charge on any atom is -0.505 e. The summed E-state index contributed by atoms with van der Waals surface area (Å²) in [6.07, 6.45) is 2.01. The van der Waals surface area contributed by atoms with Gasteiger partial charge in [-0.1, -0.05) is 36.4 Å². The molecular formula is C25H29FN2O5. The molecule has 8 heteroatoms. The molecule has 0 radical (unpaired) electrons. The van der Waals surface area contributed by atoms with E-state index in [9.17, 15) is 23.9 Å². The SMILES string of the molecule is CCOC(=O)/C=C/C(=O)N(Cc1ccccc1)C(C(=O)NC(C)(C)C)c1ccc(O)c(F)c1. The Morgan fingerprint density at radius 3 is 2.36 bits per heavy atom. The Morgan fingerprint density at radius 2 is 1.79 bits per heavy atom. The summed E-state index contributed by atoms with van der Waals surface area (Å²) in [7, 11) is 0. The zero-order valence-corrected chi connectivity index (χ0v) is 19.2. The number of nitrogens with zero attached hydrogens (tertiary/aromatic N) is 1. The third kappa shape index (κ3) is 7.75. The van der Waals surface area contributed by atoms with Crippen molar-refractivity contribution in [2.24, 2.45) is 0 Å². The molecule has 1 atom stereocenters. The van der Waals surface area contributed by atoms with Crippen LogP contribution in [0.5, 0.6) is 5.75 Å². The fourth-order valence-electron chi connectivity index (χ4n) is 3.11. The number of phenols is 1. The highest BCUT2D eigenvalue weighted by Gasteiger charge is 2.33. The smallest absolute Gasteiger partial charge is 0.330 e. The van der Waals surface area contributed by atoms with Crippen molar-refractivity contribution in [3.05, 3.63) is 77.6 Å². The monoisotopic (exact) mass is 456 g/mol. The zero-order valence-electron chi connectivity index (χ0n) is 19.2. The second-order valence-electron chi connectivity index (χ2n) is 8.39. The van der Waals surface area contributed by atoms with Gasteiger partial charge in [-0.25, -0.2) is 9.18 Å². The normalized spacial score (nSPS) is 12.3. The highest BCUT2D eigenvalue weighted by atomic mass is 19.1. The summed E-state index contributed by atoms with van der Waals surface area (Å²) in [4.78, 5) is 39.5. The lowest BCUT2D eigenvalue weighted by atomic mass is 10.00. The lowest BCUT2D eigenvalue weighted by Crippen LogP contribution is -2.48. The maximum Gasteiger partial charge on any atom is 0.330 e. The number of halogens is 1. The van der Waals surface area contributed by atoms with E-state index in [1.807, 2.05) is 6.07 Å². The van der Waals surface area contributed by atoms with Crippen molar-refractivity contribution in [1.82, 2.24) is 10.2 Å². The lowest BCUT2D eigenvalue weighted by Gasteiger charge is -2.33. The van der Waals surface area contributed by atoms with Crippen LogP contribution in [0.25, 0.3) is 0 Å². The Labute approximate surface area is 192 Å². The molecule has 33 heavy (non-hydrogen) atoms.